The minimum atomic E-state index is -0.0868. The number of benzene rings is 2. The van der Waals surface area contributed by atoms with E-state index in [0.717, 1.165) is 37.4 Å². The van der Waals surface area contributed by atoms with Gasteiger partial charge in [0.15, 0.2) is 0 Å². The number of carbonyl (C=O) groups is 1. The molecule has 1 saturated heterocycles. The molecular formula is C23H29N3O. The van der Waals surface area contributed by atoms with Crippen molar-refractivity contribution in [1.29, 1.82) is 0 Å². The zero-order valence-corrected chi connectivity index (χ0v) is 16.5. The monoisotopic (exact) mass is 363 g/mol. The number of amides is 1. The van der Waals surface area contributed by atoms with Crippen LogP contribution in [0.3, 0.4) is 0 Å². The van der Waals surface area contributed by atoms with E-state index in [9.17, 15) is 4.79 Å². The van der Waals surface area contributed by atoms with E-state index in [1.54, 1.807) is 0 Å². The van der Waals surface area contributed by atoms with Crippen LogP contribution < -0.4 is 15.5 Å². The van der Waals surface area contributed by atoms with E-state index >= 15 is 0 Å². The van der Waals surface area contributed by atoms with Crippen LogP contribution in [-0.2, 0) is 0 Å². The normalized spacial score (nSPS) is 15.1. The second-order valence-electron chi connectivity index (χ2n) is 8.06. The van der Waals surface area contributed by atoms with Crippen LogP contribution in [0, 0.1) is 5.41 Å². The van der Waals surface area contributed by atoms with Crippen molar-refractivity contribution in [1.82, 2.24) is 5.32 Å². The number of nitrogens with one attached hydrogen (secondary N) is 2. The molecule has 142 valence electrons. The average Bonchev–Trinajstić information content (AvgIpc) is 2.67. The molecular weight excluding hydrogens is 334 g/mol. The third-order valence-corrected chi connectivity index (χ3v) is 4.56. The van der Waals surface area contributed by atoms with Crippen LogP contribution in [0.4, 0.5) is 11.4 Å². The van der Waals surface area contributed by atoms with Gasteiger partial charge in [-0.1, -0.05) is 45.1 Å². The minimum absolute atomic E-state index is 0.0868. The maximum absolute atomic E-state index is 12.5. The van der Waals surface area contributed by atoms with Crippen molar-refractivity contribution in [2.24, 2.45) is 5.41 Å². The lowest BCUT2D eigenvalue weighted by Gasteiger charge is -2.29. The summed E-state index contributed by atoms with van der Waals surface area (Å²) in [7, 11) is 0. The second kappa shape index (κ2) is 8.40. The van der Waals surface area contributed by atoms with Crippen molar-refractivity contribution in [3.63, 3.8) is 0 Å². The molecule has 0 aromatic heterocycles. The van der Waals surface area contributed by atoms with Gasteiger partial charge in [-0.2, -0.15) is 0 Å². The number of rotatable bonds is 4. The number of carbonyl (C=O) groups excluding carboxylic acids is 1. The molecule has 1 aliphatic rings. The molecule has 0 radical (unpaired) electrons. The fraction of sp³-hybridized carbons (Fsp3) is 0.348. The van der Waals surface area contributed by atoms with Gasteiger partial charge in [0, 0.05) is 43.1 Å². The zero-order valence-electron chi connectivity index (χ0n) is 16.5. The Morgan fingerprint density at radius 2 is 1.63 bits per heavy atom. The lowest BCUT2D eigenvalue weighted by Crippen LogP contribution is -2.43. The lowest BCUT2D eigenvalue weighted by atomic mass is 9.95. The minimum Gasteiger partial charge on any atom is -0.369 e. The molecule has 0 unspecified atom stereocenters. The number of anilines is 2. The van der Waals surface area contributed by atoms with Gasteiger partial charge in [-0.25, -0.2) is 0 Å². The lowest BCUT2D eigenvalue weighted by molar-refractivity contribution is 0.102. The van der Waals surface area contributed by atoms with Gasteiger partial charge in [-0.15, -0.1) is 0 Å². The number of nitrogens with zero attached hydrogens (tertiary/aromatic N) is 1. The standard InChI is InChI=1S/C23H29N3O/c1-23(2,3)13-12-18-4-6-19(7-5-18)22(27)25-20-8-10-21(11-9-20)26-16-14-24-15-17-26/h4-13,24H,14-17H2,1-3H3,(H,25,27)/b13-12+. The van der Waals surface area contributed by atoms with Crippen LogP contribution >= 0.6 is 0 Å². The molecule has 2 N–H and O–H groups in total. The van der Waals surface area contributed by atoms with Gasteiger partial charge in [0.1, 0.15) is 0 Å². The second-order valence-corrected chi connectivity index (χ2v) is 8.06. The number of piperazine rings is 1. The van der Waals surface area contributed by atoms with E-state index in [-0.39, 0.29) is 11.3 Å². The van der Waals surface area contributed by atoms with E-state index in [1.165, 1.54) is 5.69 Å². The highest BCUT2D eigenvalue weighted by Gasteiger charge is 2.11. The molecule has 0 atom stereocenters. The Bertz CT molecular complexity index is 780. The van der Waals surface area contributed by atoms with E-state index in [1.807, 2.05) is 36.4 Å². The summed E-state index contributed by atoms with van der Waals surface area (Å²) in [5, 5.41) is 6.33. The van der Waals surface area contributed by atoms with Crippen molar-refractivity contribution in [2.45, 2.75) is 20.8 Å². The fourth-order valence-electron chi connectivity index (χ4n) is 2.97. The molecule has 0 saturated carbocycles. The van der Waals surface area contributed by atoms with Crippen LogP contribution in [0.25, 0.3) is 6.08 Å². The van der Waals surface area contributed by atoms with E-state index in [4.69, 9.17) is 0 Å². The third-order valence-electron chi connectivity index (χ3n) is 4.56. The zero-order chi connectivity index (χ0) is 19.3. The number of allylic oxidation sites excluding steroid dienone is 1. The first-order valence-electron chi connectivity index (χ1n) is 9.57. The largest absolute Gasteiger partial charge is 0.369 e. The first-order chi connectivity index (χ1) is 12.9. The average molecular weight is 364 g/mol. The summed E-state index contributed by atoms with van der Waals surface area (Å²) in [6, 6.07) is 15.8. The van der Waals surface area contributed by atoms with Crippen molar-refractivity contribution >= 4 is 23.4 Å². The molecule has 1 fully saturated rings. The molecule has 0 aliphatic carbocycles. The molecule has 2 aromatic carbocycles. The number of hydrogen-bond acceptors (Lipinski definition) is 3. The van der Waals surface area contributed by atoms with Gasteiger partial charge in [0.25, 0.3) is 5.91 Å². The van der Waals surface area contributed by atoms with Gasteiger partial charge in [-0.3, -0.25) is 4.79 Å². The van der Waals surface area contributed by atoms with Crippen LogP contribution in [-0.4, -0.2) is 32.1 Å². The molecule has 4 nitrogen and oxygen atoms in total. The van der Waals surface area contributed by atoms with E-state index in [0.29, 0.717) is 5.56 Å². The van der Waals surface area contributed by atoms with Crippen LogP contribution in [0.15, 0.2) is 54.6 Å². The SMILES string of the molecule is CC(C)(C)/C=C/c1ccc(C(=O)Nc2ccc(N3CCNCC3)cc2)cc1. The Kier molecular flexibility index (Phi) is 5.97. The number of hydrogen-bond donors (Lipinski definition) is 2. The molecule has 4 heteroatoms. The smallest absolute Gasteiger partial charge is 0.255 e. The molecule has 0 spiro atoms. The molecule has 3 rings (SSSR count). The summed E-state index contributed by atoms with van der Waals surface area (Å²) in [6.45, 7) is 10.6. The maximum atomic E-state index is 12.5. The van der Waals surface area contributed by atoms with Crippen LogP contribution in [0.1, 0.15) is 36.7 Å². The summed E-state index contributed by atoms with van der Waals surface area (Å²) >= 11 is 0. The Morgan fingerprint density at radius 3 is 2.22 bits per heavy atom. The summed E-state index contributed by atoms with van der Waals surface area (Å²) < 4.78 is 0. The van der Waals surface area contributed by atoms with E-state index < -0.39 is 0 Å². The Balaban J connectivity index is 1.60. The molecule has 1 heterocycles. The molecule has 2 aromatic rings. The first kappa shape index (κ1) is 19.2. The summed E-state index contributed by atoms with van der Waals surface area (Å²) in [4.78, 5) is 14.8. The van der Waals surface area contributed by atoms with Crippen molar-refractivity contribution in [2.75, 3.05) is 36.4 Å². The Morgan fingerprint density at radius 1 is 1.00 bits per heavy atom. The highest BCUT2D eigenvalue weighted by atomic mass is 16.1. The van der Waals surface area contributed by atoms with Crippen LogP contribution in [0.2, 0.25) is 0 Å². The highest BCUT2D eigenvalue weighted by molar-refractivity contribution is 6.04. The predicted octanol–water partition coefficient (Wildman–Crippen LogP) is 4.41. The summed E-state index contributed by atoms with van der Waals surface area (Å²) in [5.74, 6) is -0.0868. The van der Waals surface area contributed by atoms with Crippen molar-refractivity contribution in [3.05, 3.63) is 65.7 Å². The Labute approximate surface area is 162 Å². The molecule has 1 aliphatic heterocycles. The van der Waals surface area contributed by atoms with Gasteiger partial charge in [0.2, 0.25) is 0 Å². The molecule has 27 heavy (non-hydrogen) atoms. The fourth-order valence-corrected chi connectivity index (χ4v) is 2.97. The van der Waals surface area contributed by atoms with Gasteiger partial charge < -0.3 is 15.5 Å². The summed E-state index contributed by atoms with van der Waals surface area (Å²) in [5.41, 5.74) is 3.92. The third kappa shape index (κ3) is 5.69. The Hall–Kier alpha value is -2.59. The maximum Gasteiger partial charge on any atom is 0.255 e. The van der Waals surface area contributed by atoms with Gasteiger partial charge >= 0.3 is 0 Å². The first-order valence-corrected chi connectivity index (χ1v) is 9.57. The molecule has 1 amide bonds. The molecule has 0 bridgehead atoms. The highest BCUT2D eigenvalue weighted by Crippen LogP contribution is 2.20. The summed E-state index contributed by atoms with van der Waals surface area (Å²) in [6.07, 6.45) is 4.26. The van der Waals surface area contributed by atoms with Crippen LogP contribution in [0.5, 0.6) is 0 Å². The predicted molar refractivity (Wildman–Crippen MR) is 114 cm³/mol. The topological polar surface area (TPSA) is 44.4 Å². The van der Waals surface area contributed by atoms with Crippen molar-refractivity contribution < 1.29 is 4.79 Å². The quantitative estimate of drug-likeness (QED) is 0.846. The van der Waals surface area contributed by atoms with E-state index in [2.05, 4.69) is 60.6 Å². The van der Waals surface area contributed by atoms with Gasteiger partial charge in [0.05, 0.1) is 0 Å². The van der Waals surface area contributed by atoms with Crippen molar-refractivity contribution in [3.8, 4) is 0 Å². The van der Waals surface area contributed by atoms with Gasteiger partial charge in [-0.05, 0) is 47.4 Å².